The molecule has 1 N–H and O–H groups in total. The van der Waals surface area contributed by atoms with Crippen molar-refractivity contribution in [2.45, 2.75) is 50.7 Å². The van der Waals surface area contributed by atoms with Crippen LogP contribution in [0.5, 0.6) is 0 Å². The molecule has 4 rings (SSSR count). The number of aliphatic hydroxyl groups is 1. The van der Waals surface area contributed by atoms with E-state index in [1.54, 1.807) is 0 Å². The first kappa shape index (κ1) is 15.8. The van der Waals surface area contributed by atoms with E-state index >= 15 is 0 Å². The lowest BCUT2D eigenvalue weighted by molar-refractivity contribution is 0.0420. The molecule has 2 atom stereocenters. The molecule has 0 spiro atoms. The third kappa shape index (κ3) is 3.23. The van der Waals surface area contributed by atoms with E-state index in [1.807, 2.05) is 30.3 Å². The Hall–Kier alpha value is -1.72. The Balaban J connectivity index is 1.35. The van der Waals surface area contributed by atoms with Crippen LogP contribution in [0.3, 0.4) is 0 Å². The van der Waals surface area contributed by atoms with Crippen LogP contribution in [-0.4, -0.2) is 33.2 Å². The molecular weight excluding hydrogens is 302 g/mol. The van der Waals surface area contributed by atoms with Crippen LogP contribution in [0.1, 0.15) is 67.9 Å². The molecule has 0 bridgehead atoms. The zero-order valence-corrected chi connectivity index (χ0v) is 14.1. The molecule has 0 amide bonds. The molecule has 128 valence electrons. The average Bonchev–Trinajstić information content (AvgIpc) is 3.38. The maximum atomic E-state index is 10.6. The third-order valence-electron chi connectivity index (χ3n) is 5.47. The summed E-state index contributed by atoms with van der Waals surface area (Å²) in [4.78, 5) is 6.97. The van der Waals surface area contributed by atoms with Crippen molar-refractivity contribution in [2.24, 2.45) is 5.92 Å². The van der Waals surface area contributed by atoms with Crippen LogP contribution in [0.4, 0.5) is 0 Å². The summed E-state index contributed by atoms with van der Waals surface area (Å²) in [6, 6.07) is 10.1. The lowest BCUT2D eigenvalue weighted by Crippen LogP contribution is -2.37. The minimum Gasteiger partial charge on any atom is -0.388 e. The topological polar surface area (TPSA) is 62.4 Å². The standard InChI is InChI=1S/C19H25N3O2/c1-13(19-20-18(21-24-19)16-7-8-16)22-11-9-15(10-12-22)17(23)14-5-3-2-4-6-14/h2-6,13,15-17,23H,7-12H2,1H3/t13-,17-/m0/s1. The Bertz CT molecular complexity index is 660. The van der Waals surface area contributed by atoms with Crippen molar-refractivity contribution in [3.05, 3.63) is 47.6 Å². The van der Waals surface area contributed by atoms with Gasteiger partial charge in [-0.15, -0.1) is 0 Å². The molecule has 1 aromatic carbocycles. The zero-order chi connectivity index (χ0) is 16.5. The van der Waals surface area contributed by atoms with Gasteiger partial charge >= 0.3 is 0 Å². The lowest BCUT2D eigenvalue weighted by atomic mass is 9.87. The average molecular weight is 327 g/mol. The fraction of sp³-hybridized carbons (Fsp3) is 0.579. The second-order valence-electron chi connectivity index (χ2n) is 7.17. The number of nitrogens with zero attached hydrogens (tertiary/aromatic N) is 3. The predicted octanol–water partition coefficient (Wildman–Crippen LogP) is 3.45. The van der Waals surface area contributed by atoms with E-state index in [1.165, 1.54) is 12.8 Å². The van der Waals surface area contributed by atoms with Crippen molar-refractivity contribution in [3.63, 3.8) is 0 Å². The minimum absolute atomic E-state index is 0.153. The summed E-state index contributed by atoms with van der Waals surface area (Å²) in [5.41, 5.74) is 1.02. The van der Waals surface area contributed by atoms with E-state index in [0.29, 0.717) is 11.8 Å². The van der Waals surface area contributed by atoms with Crippen LogP contribution in [0.2, 0.25) is 0 Å². The van der Waals surface area contributed by atoms with Gasteiger partial charge in [0.2, 0.25) is 5.89 Å². The first-order valence-electron chi connectivity index (χ1n) is 9.03. The maximum Gasteiger partial charge on any atom is 0.243 e. The van der Waals surface area contributed by atoms with Crippen LogP contribution in [0.15, 0.2) is 34.9 Å². The molecule has 2 fully saturated rings. The van der Waals surface area contributed by atoms with Gasteiger partial charge in [0.1, 0.15) is 0 Å². The van der Waals surface area contributed by atoms with Crippen molar-refractivity contribution < 1.29 is 9.63 Å². The van der Waals surface area contributed by atoms with Gasteiger partial charge in [-0.05, 0) is 57.2 Å². The van der Waals surface area contributed by atoms with Crippen LogP contribution < -0.4 is 0 Å². The van der Waals surface area contributed by atoms with Gasteiger partial charge in [-0.3, -0.25) is 4.90 Å². The quantitative estimate of drug-likeness (QED) is 0.911. The maximum absolute atomic E-state index is 10.6. The van der Waals surface area contributed by atoms with Gasteiger partial charge < -0.3 is 9.63 Å². The number of benzene rings is 1. The van der Waals surface area contributed by atoms with Crippen molar-refractivity contribution in [2.75, 3.05) is 13.1 Å². The van der Waals surface area contributed by atoms with Crippen molar-refractivity contribution >= 4 is 0 Å². The molecule has 1 aromatic heterocycles. The normalized spacial score (nSPS) is 22.4. The Kier molecular flexibility index (Phi) is 4.37. The highest BCUT2D eigenvalue weighted by Crippen LogP contribution is 2.39. The van der Waals surface area contributed by atoms with Gasteiger partial charge in [0.05, 0.1) is 12.1 Å². The summed E-state index contributed by atoms with van der Waals surface area (Å²) < 4.78 is 5.47. The fourth-order valence-electron chi connectivity index (χ4n) is 3.63. The predicted molar refractivity (Wildman–Crippen MR) is 90.4 cm³/mol. The monoisotopic (exact) mass is 327 g/mol. The van der Waals surface area contributed by atoms with Crippen LogP contribution in [0.25, 0.3) is 0 Å². The van der Waals surface area contributed by atoms with E-state index in [4.69, 9.17) is 4.52 Å². The van der Waals surface area contributed by atoms with Gasteiger partial charge in [-0.25, -0.2) is 0 Å². The van der Waals surface area contributed by atoms with Crippen LogP contribution >= 0.6 is 0 Å². The fourth-order valence-corrected chi connectivity index (χ4v) is 3.63. The van der Waals surface area contributed by atoms with E-state index in [0.717, 1.165) is 43.2 Å². The summed E-state index contributed by atoms with van der Waals surface area (Å²) in [5.74, 6) is 2.47. The molecule has 2 aliphatic rings. The van der Waals surface area contributed by atoms with Crippen molar-refractivity contribution in [3.8, 4) is 0 Å². The van der Waals surface area contributed by atoms with Crippen molar-refractivity contribution in [1.82, 2.24) is 15.0 Å². The highest BCUT2D eigenvalue weighted by Gasteiger charge is 2.33. The highest BCUT2D eigenvalue weighted by molar-refractivity contribution is 5.18. The highest BCUT2D eigenvalue weighted by atomic mass is 16.5. The van der Waals surface area contributed by atoms with Gasteiger partial charge in [0, 0.05) is 5.92 Å². The first-order valence-corrected chi connectivity index (χ1v) is 9.03. The largest absolute Gasteiger partial charge is 0.388 e. The van der Waals surface area contributed by atoms with Gasteiger partial charge in [-0.2, -0.15) is 4.98 Å². The molecule has 5 heteroatoms. The van der Waals surface area contributed by atoms with Gasteiger partial charge in [0.15, 0.2) is 5.82 Å². The number of aliphatic hydroxyl groups excluding tert-OH is 1. The second-order valence-corrected chi connectivity index (χ2v) is 7.17. The molecule has 5 nitrogen and oxygen atoms in total. The number of likely N-dealkylation sites (tertiary alicyclic amines) is 1. The van der Waals surface area contributed by atoms with E-state index < -0.39 is 0 Å². The molecule has 1 saturated heterocycles. The summed E-state index contributed by atoms with van der Waals surface area (Å²) in [5, 5.41) is 14.7. The van der Waals surface area contributed by atoms with E-state index in [9.17, 15) is 5.11 Å². The molecule has 2 heterocycles. The Labute approximate surface area is 142 Å². The number of rotatable bonds is 5. The van der Waals surface area contributed by atoms with E-state index in [-0.39, 0.29) is 12.1 Å². The second kappa shape index (κ2) is 6.65. The number of hydrogen-bond acceptors (Lipinski definition) is 5. The molecule has 24 heavy (non-hydrogen) atoms. The number of aromatic nitrogens is 2. The molecular formula is C19H25N3O2. The van der Waals surface area contributed by atoms with Gasteiger partial charge in [-0.1, -0.05) is 35.5 Å². The van der Waals surface area contributed by atoms with Crippen LogP contribution in [-0.2, 0) is 0 Å². The molecule has 2 aromatic rings. The number of piperidine rings is 1. The Morgan fingerprint density at radius 3 is 2.50 bits per heavy atom. The summed E-state index contributed by atoms with van der Waals surface area (Å²) >= 11 is 0. The summed E-state index contributed by atoms with van der Waals surface area (Å²) in [7, 11) is 0. The molecule has 1 aliphatic heterocycles. The van der Waals surface area contributed by atoms with Crippen molar-refractivity contribution in [1.29, 1.82) is 0 Å². The van der Waals surface area contributed by atoms with Gasteiger partial charge in [0.25, 0.3) is 0 Å². The molecule has 0 radical (unpaired) electrons. The van der Waals surface area contributed by atoms with E-state index in [2.05, 4.69) is 22.0 Å². The lowest BCUT2D eigenvalue weighted by Gasteiger charge is -2.36. The molecule has 0 unspecified atom stereocenters. The zero-order valence-electron chi connectivity index (χ0n) is 14.1. The Morgan fingerprint density at radius 2 is 1.83 bits per heavy atom. The van der Waals surface area contributed by atoms with Crippen LogP contribution in [0, 0.1) is 5.92 Å². The molecule has 1 saturated carbocycles. The summed E-state index contributed by atoms with van der Waals surface area (Å²) in [6.07, 6.45) is 3.99. The minimum atomic E-state index is -0.367. The Morgan fingerprint density at radius 1 is 1.12 bits per heavy atom. The first-order chi connectivity index (χ1) is 11.7. The number of hydrogen-bond donors (Lipinski definition) is 1. The summed E-state index contributed by atoms with van der Waals surface area (Å²) in [6.45, 7) is 4.05. The third-order valence-corrected chi connectivity index (χ3v) is 5.47. The smallest absolute Gasteiger partial charge is 0.243 e. The molecule has 1 aliphatic carbocycles. The SMILES string of the molecule is C[C@@H](c1nc(C2CC2)no1)N1CCC([C@@H](O)c2ccccc2)CC1.